The summed E-state index contributed by atoms with van der Waals surface area (Å²) in [5.74, 6) is -1.59. The number of rotatable bonds is 8. The second kappa shape index (κ2) is 9.16. The molecule has 0 aromatic rings. The van der Waals surface area contributed by atoms with Gasteiger partial charge in [0.25, 0.3) is 0 Å². The lowest BCUT2D eigenvalue weighted by atomic mass is 10.0. The number of nitrogens with zero attached hydrogens (tertiary/aromatic N) is 2. The first-order valence-electron chi connectivity index (χ1n) is 9.83. The Balaban J connectivity index is 2.08. The topological polar surface area (TPSA) is 130 Å². The Morgan fingerprint density at radius 3 is 2.46 bits per heavy atom. The molecule has 4 amide bonds. The fraction of sp³-hybridized carbons (Fsp3) is 0.737. The number of hydrogen-bond donors (Lipinski definition) is 2. The highest BCUT2D eigenvalue weighted by atomic mass is 16.2. The SMILES string of the molecule is CCCC(NC(C)=O)C(=O)N1CC(=O)C2C1CCN2C(=O)CC(C)CC(N)=O. The van der Waals surface area contributed by atoms with E-state index in [1.807, 2.05) is 6.92 Å². The summed E-state index contributed by atoms with van der Waals surface area (Å²) in [6.07, 6.45) is 1.99. The van der Waals surface area contributed by atoms with Gasteiger partial charge in [0.15, 0.2) is 5.78 Å². The fourth-order valence-electron chi connectivity index (χ4n) is 4.21. The molecule has 2 fully saturated rings. The van der Waals surface area contributed by atoms with Crippen LogP contribution in [0.3, 0.4) is 0 Å². The highest BCUT2D eigenvalue weighted by Crippen LogP contribution is 2.31. The first-order chi connectivity index (χ1) is 13.1. The lowest BCUT2D eigenvalue weighted by Crippen LogP contribution is -2.50. The van der Waals surface area contributed by atoms with Crippen LogP contribution in [-0.4, -0.2) is 70.4 Å². The molecule has 0 spiro atoms. The largest absolute Gasteiger partial charge is 0.370 e. The van der Waals surface area contributed by atoms with Gasteiger partial charge < -0.3 is 20.9 Å². The number of hydrogen-bond acceptors (Lipinski definition) is 5. The van der Waals surface area contributed by atoms with E-state index in [1.54, 1.807) is 6.92 Å². The fourth-order valence-corrected chi connectivity index (χ4v) is 4.21. The highest BCUT2D eigenvalue weighted by molar-refractivity contribution is 5.99. The molecule has 0 saturated carbocycles. The smallest absolute Gasteiger partial charge is 0.245 e. The van der Waals surface area contributed by atoms with Crippen LogP contribution in [-0.2, 0) is 24.0 Å². The lowest BCUT2D eigenvalue weighted by Gasteiger charge is -2.28. The molecule has 9 nitrogen and oxygen atoms in total. The van der Waals surface area contributed by atoms with Gasteiger partial charge in [-0.15, -0.1) is 0 Å². The Bertz CT molecular complexity index is 665. The van der Waals surface area contributed by atoms with Crippen molar-refractivity contribution in [2.75, 3.05) is 13.1 Å². The molecule has 2 aliphatic heterocycles. The molecule has 2 aliphatic rings. The summed E-state index contributed by atoms with van der Waals surface area (Å²) in [5.41, 5.74) is 5.18. The summed E-state index contributed by atoms with van der Waals surface area (Å²) in [5, 5.41) is 2.66. The molecule has 0 radical (unpaired) electrons. The standard InChI is InChI=1S/C19H30N4O5/c1-4-5-13(21-12(3)24)19(28)23-10-15(25)18-14(23)6-7-22(18)17(27)9-11(2)8-16(20)26/h11,13-14,18H,4-10H2,1-3H3,(H2,20,26)(H,21,24). The summed E-state index contributed by atoms with van der Waals surface area (Å²) in [4.78, 5) is 63.7. The number of amides is 4. The van der Waals surface area contributed by atoms with Gasteiger partial charge in [-0.05, 0) is 18.8 Å². The maximum Gasteiger partial charge on any atom is 0.245 e. The van der Waals surface area contributed by atoms with Gasteiger partial charge in [-0.3, -0.25) is 24.0 Å². The third kappa shape index (κ3) is 4.88. The minimum atomic E-state index is -0.658. The number of primary amides is 1. The number of carbonyl (C=O) groups is 5. The van der Waals surface area contributed by atoms with Crippen molar-refractivity contribution in [3.05, 3.63) is 0 Å². The summed E-state index contributed by atoms with van der Waals surface area (Å²) in [6, 6.07) is -1.66. The van der Waals surface area contributed by atoms with E-state index in [0.717, 1.165) is 6.42 Å². The molecule has 2 rings (SSSR count). The van der Waals surface area contributed by atoms with Crippen molar-refractivity contribution in [2.24, 2.45) is 11.7 Å². The molecular weight excluding hydrogens is 364 g/mol. The number of Topliss-reactive ketones (excluding diaryl/α,β-unsaturated/α-hetero) is 1. The van der Waals surface area contributed by atoms with Gasteiger partial charge in [0.2, 0.25) is 23.6 Å². The van der Waals surface area contributed by atoms with Crippen molar-refractivity contribution < 1.29 is 24.0 Å². The van der Waals surface area contributed by atoms with Crippen molar-refractivity contribution >= 4 is 29.4 Å². The molecule has 0 aromatic carbocycles. The molecule has 2 saturated heterocycles. The van der Waals surface area contributed by atoms with Gasteiger partial charge >= 0.3 is 0 Å². The zero-order chi connectivity index (χ0) is 21.0. The Morgan fingerprint density at radius 1 is 1.21 bits per heavy atom. The number of likely N-dealkylation sites (tertiary alicyclic amines) is 2. The normalized spacial score (nSPS) is 23.3. The van der Waals surface area contributed by atoms with Crippen LogP contribution in [0.1, 0.15) is 52.9 Å². The van der Waals surface area contributed by atoms with Crippen molar-refractivity contribution in [1.82, 2.24) is 15.1 Å². The predicted octanol–water partition coefficient (Wildman–Crippen LogP) is -0.426. The predicted molar refractivity (Wildman–Crippen MR) is 101 cm³/mol. The average molecular weight is 394 g/mol. The zero-order valence-electron chi connectivity index (χ0n) is 16.8. The van der Waals surface area contributed by atoms with E-state index in [0.29, 0.717) is 19.4 Å². The lowest BCUT2D eigenvalue weighted by molar-refractivity contribution is -0.137. The number of nitrogens with one attached hydrogen (secondary N) is 1. The van der Waals surface area contributed by atoms with Gasteiger partial charge in [-0.25, -0.2) is 0 Å². The maximum absolute atomic E-state index is 12.9. The summed E-state index contributed by atoms with van der Waals surface area (Å²) < 4.78 is 0. The minimum Gasteiger partial charge on any atom is -0.370 e. The van der Waals surface area contributed by atoms with Crippen LogP contribution in [0, 0.1) is 5.92 Å². The van der Waals surface area contributed by atoms with E-state index >= 15 is 0 Å². The van der Waals surface area contributed by atoms with Crippen LogP contribution >= 0.6 is 0 Å². The first-order valence-corrected chi connectivity index (χ1v) is 9.83. The van der Waals surface area contributed by atoms with Crippen LogP contribution in [0.4, 0.5) is 0 Å². The van der Waals surface area contributed by atoms with Crippen molar-refractivity contribution in [3.63, 3.8) is 0 Å². The van der Waals surface area contributed by atoms with Crippen LogP contribution in [0.25, 0.3) is 0 Å². The number of nitrogens with two attached hydrogens (primary N) is 1. The summed E-state index contributed by atoms with van der Waals surface area (Å²) in [6.45, 7) is 5.39. The molecular formula is C19H30N4O5. The van der Waals surface area contributed by atoms with Gasteiger partial charge in [0.05, 0.1) is 12.6 Å². The van der Waals surface area contributed by atoms with Gasteiger partial charge in [-0.2, -0.15) is 0 Å². The van der Waals surface area contributed by atoms with E-state index in [2.05, 4.69) is 5.32 Å². The van der Waals surface area contributed by atoms with E-state index in [1.165, 1.54) is 16.7 Å². The second-order valence-electron chi connectivity index (χ2n) is 7.84. The quantitative estimate of drug-likeness (QED) is 0.577. The Morgan fingerprint density at radius 2 is 1.89 bits per heavy atom. The molecule has 0 bridgehead atoms. The number of ketones is 1. The zero-order valence-corrected chi connectivity index (χ0v) is 16.8. The molecule has 3 N–H and O–H groups in total. The van der Waals surface area contributed by atoms with Crippen LogP contribution in [0.5, 0.6) is 0 Å². The van der Waals surface area contributed by atoms with Crippen molar-refractivity contribution in [1.29, 1.82) is 0 Å². The van der Waals surface area contributed by atoms with Crippen LogP contribution in [0.2, 0.25) is 0 Å². The molecule has 156 valence electrons. The van der Waals surface area contributed by atoms with Crippen LogP contribution in [0.15, 0.2) is 0 Å². The number of carbonyl (C=O) groups excluding carboxylic acids is 5. The Kier molecular flexibility index (Phi) is 7.15. The molecule has 0 aliphatic carbocycles. The van der Waals surface area contributed by atoms with Gasteiger partial charge in [0.1, 0.15) is 12.1 Å². The van der Waals surface area contributed by atoms with E-state index in [-0.39, 0.29) is 54.9 Å². The molecule has 4 atom stereocenters. The molecule has 0 aromatic heterocycles. The number of fused-ring (bicyclic) bond motifs is 1. The van der Waals surface area contributed by atoms with Crippen LogP contribution < -0.4 is 11.1 Å². The molecule has 2 heterocycles. The van der Waals surface area contributed by atoms with Crippen molar-refractivity contribution in [2.45, 2.75) is 71.0 Å². The van der Waals surface area contributed by atoms with Gasteiger partial charge in [-0.1, -0.05) is 20.3 Å². The molecule has 28 heavy (non-hydrogen) atoms. The Labute approximate surface area is 165 Å². The van der Waals surface area contributed by atoms with E-state index in [9.17, 15) is 24.0 Å². The Hall–Kier alpha value is -2.45. The minimum absolute atomic E-state index is 0.0470. The van der Waals surface area contributed by atoms with Gasteiger partial charge in [0, 0.05) is 26.3 Å². The second-order valence-corrected chi connectivity index (χ2v) is 7.84. The average Bonchev–Trinajstić information content (AvgIpc) is 3.14. The molecule has 9 heteroatoms. The maximum atomic E-state index is 12.9. The highest BCUT2D eigenvalue weighted by Gasteiger charge is 2.52. The third-order valence-corrected chi connectivity index (χ3v) is 5.35. The third-order valence-electron chi connectivity index (χ3n) is 5.35. The monoisotopic (exact) mass is 394 g/mol. The summed E-state index contributed by atoms with van der Waals surface area (Å²) >= 11 is 0. The van der Waals surface area contributed by atoms with E-state index < -0.39 is 18.0 Å². The first kappa shape index (κ1) is 21.8. The molecule has 4 unspecified atom stereocenters. The van der Waals surface area contributed by atoms with Crippen molar-refractivity contribution in [3.8, 4) is 0 Å². The summed E-state index contributed by atoms with van der Waals surface area (Å²) in [7, 11) is 0. The van der Waals surface area contributed by atoms with E-state index in [4.69, 9.17) is 5.73 Å².